The molecule has 0 radical (unpaired) electrons. The maximum Gasteiger partial charge on any atom is 0.0963 e. The second-order valence-corrected chi connectivity index (χ2v) is 7.96. The lowest BCUT2D eigenvalue weighted by Gasteiger charge is -2.31. The van der Waals surface area contributed by atoms with Crippen LogP contribution in [0.4, 0.5) is 0 Å². The monoisotopic (exact) mass is 344 g/mol. The van der Waals surface area contributed by atoms with Crippen molar-refractivity contribution in [2.24, 2.45) is 0 Å². The highest BCUT2D eigenvalue weighted by Crippen LogP contribution is 2.30. The molecule has 2 N–H and O–H groups in total. The Balaban J connectivity index is 1.87. The van der Waals surface area contributed by atoms with Gasteiger partial charge in [0.05, 0.1) is 11.6 Å². The zero-order valence-corrected chi connectivity index (χ0v) is 13.8. The van der Waals surface area contributed by atoms with Crippen LogP contribution < -0.4 is 5.32 Å². The third-order valence-electron chi connectivity index (χ3n) is 3.24. The van der Waals surface area contributed by atoms with Crippen LogP contribution in [0.2, 0.25) is 0 Å². The van der Waals surface area contributed by atoms with E-state index in [1.54, 1.807) is 11.8 Å². The lowest BCUT2D eigenvalue weighted by atomic mass is 9.97. The van der Waals surface area contributed by atoms with Crippen LogP contribution in [0, 0.1) is 0 Å². The minimum absolute atomic E-state index is 0.178. The highest BCUT2D eigenvalue weighted by molar-refractivity contribution is 9.10. The second-order valence-electron chi connectivity index (χ2n) is 5.58. The molecule has 0 aliphatic heterocycles. The van der Waals surface area contributed by atoms with Crippen LogP contribution >= 0.6 is 27.7 Å². The number of rotatable bonds is 7. The van der Waals surface area contributed by atoms with Crippen molar-refractivity contribution in [1.29, 1.82) is 0 Å². The van der Waals surface area contributed by atoms with Crippen molar-refractivity contribution in [3.8, 4) is 0 Å². The van der Waals surface area contributed by atoms with E-state index in [1.165, 1.54) is 12.8 Å². The number of aliphatic hydroxyl groups is 1. The number of hydrogen-bond donors (Lipinski definition) is 2. The van der Waals surface area contributed by atoms with Gasteiger partial charge in [-0.3, -0.25) is 0 Å². The van der Waals surface area contributed by atoms with Crippen LogP contribution in [0.3, 0.4) is 0 Å². The largest absolute Gasteiger partial charge is 0.394 e. The average Bonchev–Trinajstić information content (AvgIpc) is 3.15. The SMILES string of the molecule is CC(CC(C)(CO)NC1CC1)Sc1ccc(Br)cn1. The Morgan fingerprint density at radius 2 is 2.32 bits per heavy atom. The first-order valence-corrected chi connectivity index (χ1v) is 8.35. The predicted molar refractivity (Wildman–Crippen MR) is 83.5 cm³/mol. The third-order valence-corrected chi connectivity index (χ3v) is 4.76. The van der Waals surface area contributed by atoms with Gasteiger partial charge in [0.25, 0.3) is 0 Å². The summed E-state index contributed by atoms with van der Waals surface area (Å²) >= 11 is 5.15. The number of pyridine rings is 1. The van der Waals surface area contributed by atoms with Crippen LogP contribution in [-0.4, -0.2) is 33.5 Å². The molecule has 1 heterocycles. The normalized spacial score (nSPS) is 20.0. The van der Waals surface area contributed by atoms with Gasteiger partial charge < -0.3 is 10.4 Å². The molecule has 1 aliphatic carbocycles. The Hall–Kier alpha value is -0.100. The van der Waals surface area contributed by atoms with Gasteiger partial charge in [-0.15, -0.1) is 11.8 Å². The third kappa shape index (κ3) is 5.06. The molecule has 0 spiro atoms. The van der Waals surface area contributed by atoms with E-state index in [9.17, 15) is 5.11 Å². The zero-order chi connectivity index (χ0) is 13.9. The molecule has 3 nitrogen and oxygen atoms in total. The van der Waals surface area contributed by atoms with E-state index >= 15 is 0 Å². The molecule has 2 atom stereocenters. The van der Waals surface area contributed by atoms with Crippen molar-refractivity contribution in [3.63, 3.8) is 0 Å². The molecule has 19 heavy (non-hydrogen) atoms. The first-order chi connectivity index (χ1) is 9.00. The Bertz CT molecular complexity index is 410. The fourth-order valence-electron chi connectivity index (χ4n) is 2.20. The summed E-state index contributed by atoms with van der Waals surface area (Å²) in [4.78, 5) is 4.38. The van der Waals surface area contributed by atoms with Gasteiger partial charge >= 0.3 is 0 Å². The van der Waals surface area contributed by atoms with E-state index in [2.05, 4.69) is 40.1 Å². The molecule has 2 unspecified atom stereocenters. The van der Waals surface area contributed by atoms with Crippen LogP contribution in [0.25, 0.3) is 0 Å². The smallest absolute Gasteiger partial charge is 0.0963 e. The molecule has 0 aromatic carbocycles. The molecular weight excluding hydrogens is 324 g/mol. The van der Waals surface area contributed by atoms with Crippen molar-refractivity contribution in [2.45, 2.75) is 55.0 Å². The number of hydrogen-bond acceptors (Lipinski definition) is 4. The maximum atomic E-state index is 9.62. The first kappa shape index (κ1) is 15.3. The Labute approximate surface area is 127 Å². The van der Waals surface area contributed by atoms with Crippen molar-refractivity contribution in [2.75, 3.05) is 6.61 Å². The summed E-state index contributed by atoms with van der Waals surface area (Å²) in [5.41, 5.74) is -0.178. The van der Waals surface area contributed by atoms with Crippen molar-refractivity contribution < 1.29 is 5.11 Å². The molecule has 1 aliphatic rings. The number of aromatic nitrogens is 1. The number of aliphatic hydroxyl groups excluding tert-OH is 1. The molecule has 0 amide bonds. The molecule has 0 bridgehead atoms. The standard InChI is InChI=1S/C14H21BrN2OS/c1-10(19-13-6-3-11(15)8-16-13)7-14(2,9-18)17-12-4-5-12/h3,6,8,10,12,17-18H,4-5,7,9H2,1-2H3. The van der Waals surface area contributed by atoms with Gasteiger partial charge in [0.1, 0.15) is 0 Å². The maximum absolute atomic E-state index is 9.62. The van der Waals surface area contributed by atoms with Crippen LogP contribution in [-0.2, 0) is 0 Å². The fraction of sp³-hybridized carbons (Fsp3) is 0.643. The summed E-state index contributed by atoms with van der Waals surface area (Å²) in [6.07, 6.45) is 5.24. The lowest BCUT2D eigenvalue weighted by molar-refractivity contribution is 0.164. The minimum Gasteiger partial charge on any atom is -0.394 e. The van der Waals surface area contributed by atoms with Gasteiger partial charge in [-0.1, -0.05) is 6.92 Å². The first-order valence-electron chi connectivity index (χ1n) is 6.67. The van der Waals surface area contributed by atoms with E-state index in [0.717, 1.165) is 15.9 Å². The molecule has 1 saturated carbocycles. The fourth-order valence-corrected chi connectivity index (χ4v) is 3.56. The number of thioether (sulfide) groups is 1. The molecule has 1 aromatic heterocycles. The topological polar surface area (TPSA) is 45.1 Å². The van der Waals surface area contributed by atoms with Gasteiger partial charge in [0.15, 0.2) is 0 Å². The van der Waals surface area contributed by atoms with E-state index in [-0.39, 0.29) is 12.1 Å². The summed E-state index contributed by atoms with van der Waals surface area (Å²) in [5.74, 6) is 0. The molecule has 1 fully saturated rings. The molecule has 2 rings (SSSR count). The Morgan fingerprint density at radius 3 is 2.84 bits per heavy atom. The summed E-state index contributed by atoms with van der Waals surface area (Å²) in [6, 6.07) is 4.64. The molecule has 0 saturated heterocycles. The quantitative estimate of drug-likeness (QED) is 0.745. The second kappa shape index (κ2) is 6.57. The Kier molecular flexibility index (Phi) is 5.29. The van der Waals surface area contributed by atoms with Crippen LogP contribution in [0.15, 0.2) is 27.8 Å². The molecular formula is C14H21BrN2OS. The average molecular weight is 345 g/mol. The molecule has 1 aromatic rings. The number of halogens is 1. The van der Waals surface area contributed by atoms with E-state index in [0.29, 0.717) is 11.3 Å². The van der Waals surface area contributed by atoms with Crippen LogP contribution in [0.1, 0.15) is 33.1 Å². The lowest BCUT2D eigenvalue weighted by Crippen LogP contribution is -2.48. The predicted octanol–water partition coefficient (Wildman–Crippen LogP) is 3.22. The van der Waals surface area contributed by atoms with Gasteiger partial charge in [-0.05, 0) is 54.2 Å². The highest BCUT2D eigenvalue weighted by atomic mass is 79.9. The van der Waals surface area contributed by atoms with Crippen molar-refractivity contribution in [1.82, 2.24) is 10.3 Å². The van der Waals surface area contributed by atoms with Crippen LogP contribution in [0.5, 0.6) is 0 Å². The summed E-state index contributed by atoms with van der Waals surface area (Å²) in [7, 11) is 0. The highest BCUT2D eigenvalue weighted by Gasteiger charge is 2.33. The van der Waals surface area contributed by atoms with Gasteiger partial charge in [-0.2, -0.15) is 0 Å². The Morgan fingerprint density at radius 1 is 1.58 bits per heavy atom. The van der Waals surface area contributed by atoms with Crippen molar-refractivity contribution in [3.05, 3.63) is 22.8 Å². The zero-order valence-electron chi connectivity index (χ0n) is 11.4. The summed E-state index contributed by atoms with van der Waals surface area (Å²) in [6.45, 7) is 4.48. The summed E-state index contributed by atoms with van der Waals surface area (Å²) < 4.78 is 1.00. The van der Waals surface area contributed by atoms with Crippen molar-refractivity contribution >= 4 is 27.7 Å². The van der Waals surface area contributed by atoms with Gasteiger partial charge in [0.2, 0.25) is 0 Å². The number of nitrogens with zero attached hydrogens (tertiary/aromatic N) is 1. The van der Waals surface area contributed by atoms with E-state index in [1.807, 2.05) is 18.3 Å². The van der Waals surface area contributed by atoms with E-state index in [4.69, 9.17) is 0 Å². The number of nitrogens with one attached hydrogen (secondary N) is 1. The van der Waals surface area contributed by atoms with E-state index < -0.39 is 0 Å². The molecule has 106 valence electrons. The summed E-state index contributed by atoms with van der Waals surface area (Å²) in [5, 5.41) is 14.6. The van der Waals surface area contributed by atoms with Gasteiger partial charge in [-0.25, -0.2) is 4.98 Å². The molecule has 5 heteroatoms. The van der Waals surface area contributed by atoms with Gasteiger partial charge in [0, 0.05) is 27.5 Å². The minimum atomic E-state index is -0.178.